The zero-order chi connectivity index (χ0) is 40.1. The summed E-state index contributed by atoms with van der Waals surface area (Å²) in [5.74, 6) is 3.66. The number of nitrogens with zero attached hydrogens (tertiary/aromatic N) is 4. The zero-order valence-corrected chi connectivity index (χ0v) is 32.8. The second-order valence-corrected chi connectivity index (χ2v) is 15.9. The second-order valence-electron chi connectivity index (χ2n) is 15.9. The lowest BCUT2D eigenvalue weighted by Gasteiger charge is -2.39. The molecule has 0 saturated carbocycles. The van der Waals surface area contributed by atoms with Crippen molar-refractivity contribution in [3.8, 4) is 62.5 Å². The van der Waals surface area contributed by atoms with E-state index in [9.17, 15) is 0 Å². The van der Waals surface area contributed by atoms with E-state index in [0.717, 1.165) is 77.6 Å². The lowest BCUT2D eigenvalue weighted by Crippen LogP contribution is -2.32. The molecule has 0 N–H and O–H groups in total. The molecular formula is C56H34N4O. The van der Waals surface area contributed by atoms with Crippen LogP contribution in [0.1, 0.15) is 22.3 Å². The van der Waals surface area contributed by atoms with Gasteiger partial charge in [0.15, 0.2) is 17.5 Å². The van der Waals surface area contributed by atoms with Crippen LogP contribution in [0.5, 0.6) is 11.5 Å². The number of benzene rings is 9. The van der Waals surface area contributed by atoms with Crippen molar-refractivity contribution in [1.82, 2.24) is 19.5 Å². The molecular weight excluding hydrogens is 745 g/mol. The summed E-state index contributed by atoms with van der Waals surface area (Å²) >= 11 is 0. The Labute approximate surface area is 351 Å². The van der Waals surface area contributed by atoms with Crippen LogP contribution in [0, 0.1) is 0 Å². The Hall–Kier alpha value is -8.15. The Kier molecular flexibility index (Phi) is 7.16. The zero-order valence-electron chi connectivity index (χ0n) is 32.8. The number of para-hydroxylation sites is 2. The maximum atomic E-state index is 6.96. The molecule has 0 atom stereocenters. The molecule has 1 aliphatic heterocycles. The van der Waals surface area contributed by atoms with Crippen molar-refractivity contribution in [3.63, 3.8) is 0 Å². The normalized spacial score (nSPS) is 13.2. The molecule has 3 heterocycles. The first-order chi connectivity index (χ1) is 30.3. The number of rotatable bonds is 4. The van der Waals surface area contributed by atoms with E-state index in [-0.39, 0.29) is 0 Å². The van der Waals surface area contributed by atoms with Gasteiger partial charge in [-0.05, 0) is 64.0 Å². The molecule has 0 fully saturated rings. The summed E-state index contributed by atoms with van der Waals surface area (Å²) in [5, 5.41) is 4.44. The molecule has 9 aromatic carbocycles. The summed E-state index contributed by atoms with van der Waals surface area (Å²) in [5.41, 5.74) is 12.9. The maximum Gasteiger partial charge on any atom is 0.164 e. The number of hydrogen-bond donors (Lipinski definition) is 0. The summed E-state index contributed by atoms with van der Waals surface area (Å²) in [6.45, 7) is 0. The number of fused-ring (bicyclic) bond motifs is 13. The Balaban J connectivity index is 1.08. The van der Waals surface area contributed by atoms with Gasteiger partial charge in [0, 0.05) is 44.0 Å². The molecule has 1 spiro atoms. The van der Waals surface area contributed by atoms with Crippen LogP contribution in [0.3, 0.4) is 0 Å². The second kappa shape index (κ2) is 12.9. The van der Waals surface area contributed by atoms with Gasteiger partial charge in [-0.15, -0.1) is 0 Å². The standard InChI is InChI=1S/C56H34N4O/c1-3-17-35(18-4-1)53-57-54(36-19-5-2-6-20-36)59-55(58-53)42-31-32-49(40-24-8-7-21-37(40)42)60-48-29-15-11-25-41(48)43-33-52-47(34-50(43)60)56(46-28-14-16-30-51(46)61-52)44-26-12-9-22-38(44)39-23-10-13-27-45(39)56/h1-34H. The van der Waals surface area contributed by atoms with E-state index in [2.05, 4.69) is 150 Å². The van der Waals surface area contributed by atoms with Crippen molar-refractivity contribution < 1.29 is 4.74 Å². The topological polar surface area (TPSA) is 52.8 Å². The lowest BCUT2D eigenvalue weighted by atomic mass is 9.66. The van der Waals surface area contributed by atoms with Crippen molar-refractivity contribution in [1.29, 1.82) is 0 Å². The van der Waals surface area contributed by atoms with Gasteiger partial charge in [-0.25, -0.2) is 15.0 Å². The first-order valence-corrected chi connectivity index (χ1v) is 20.7. The lowest BCUT2D eigenvalue weighted by molar-refractivity contribution is 0.437. The van der Waals surface area contributed by atoms with E-state index in [1.807, 2.05) is 60.7 Å². The third kappa shape index (κ3) is 4.80. The van der Waals surface area contributed by atoms with E-state index >= 15 is 0 Å². The molecule has 1 aliphatic carbocycles. The van der Waals surface area contributed by atoms with Crippen LogP contribution in [-0.2, 0) is 5.41 Å². The van der Waals surface area contributed by atoms with Crippen molar-refractivity contribution in [3.05, 3.63) is 229 Å². The number of aromatic nitrogens is 4. The minimum atomic E-state index is -0.579. The van der Waals surface area contributed by atoms with Gasteiger partial charge in [-0.2, -0.15) is 0 Å². The first kappa shape index (κ1) is 33.8. The average molecular weight is 779 g/mol. The molecule has 5 nitrogen and oxygen atoms in total. The third-order valence-electron chi connectivity index (χ3n) is 12.7. The van der Waals surface area contributed by atoms with E-state index in [0.29, 0.717) is 17.5 Å². The Morgan fingerprint density at radius 3 is 1.57 bits per heavy atom. The minimum absolute atomic E-state index is 0.579. The van der Waals surface area contributed by atoms with Gasteiger partial charge < -0.3 is 9.30 Å². The van der Waals surface area contributed by atoms with Crippen molar-refractivity contribution >= 4 is 32.6 Å². The number of hydrogen-bond acceptors (Lipinski definition) is 4. The molecule has 2 aromatic heterocycles. The summed E-state index contributed by atoms with van der Waals surface area (Å²) in [6, 6.07) is 73.1. The van der Waals surface area contributed by atoms with E-state index in [4.69, 9.17) is 19.7 Å². The molecule has 13 rings (SSSR count). The molecule has 0 saturated heterocycles. The summed E-state index contributed by atoms with van der Waals surface area (Å²) in [6.07, 6.45) is 0. The van der Waals surface area contributed by atoms with Gasteiger partial charge in [-0.1, -0.05) is 170 Å². The highest BCUT2D eigenvalue weighted by atomic mass is 16.5. The average Bonchev–Trinajstić information content (AvgIpc) is 3.81. The van der Waals surface area contributed by atoms with Gasteiger partial charge >= 0.3 is 0 Å². The quantitative estimate of drug-likeness (QED) is 0.179. The molecule has 284 valence electrons. The molecule has 5 heteroatoms. The van der Waals surface area contributed by atoms with E-state index in [1.54, 1.807) is 0 Å². The van der Waals surface area contributed by atoms with Crippen LogP contribution < -0.4 is 4.74 Å². The van der Waals surface area contributed by atoms with Gasteiger partial charge in [0.25, 0.3) is 0 Å². The van der Waals surface area contributed by atoms with Crippen LogP contribution >= 0.6 is 0 Å². The monoisotopic (exact) mass is 778 g/mol. The van der Waals surface area contributed by atoms with Crippen molar-refractivity contribution in [2.24, 2.45) is 0 Å². The fourth-order valence-corrected chi connectivity index (χ4v) is 10.2. The van der Waals surface area contributed by atoms with Crippen LogP contribution in [0.15, 0.2) is 206 Å². The summed E-state index contributed by atoms with van der Waals surface area (Å²) < 4.78 is 9.40. The van der Waals surface area contributed by atoms with Gasteiger partial charge in [-0.3, -0.25) is 0 Å². The Bertz CT molecular complexity index is 3470. The highest BCUT2D eigenvalue weighted by Gasteiger charge is 2.51. The third-order valence-corrected chi connectivity index (χ3v) is 12.7. The molecule has 0 bridgehead atoms. The van der Waals surface area contributed by atoms with Crippen molar-refractivity contribution in [2.45, 2.75) is 5.41 Å². The molecule has 0 radical (unpaired) electrons. The van der Waals surface area contributed by atoms with E-state index in [1.165, 1.54) is 22.3 Å². The van der Waals surface area contributed by atoms with Crippen molar-refractivity contribution in [2.75, 3.05) is 0 Å². The minimum Gasteiger partial charge on any atom is -0.457 e. The molecule has 0 amide bonds. The maximum absolute atomic E-state index is 6.96. The first-order valence-electron chi connectivity index (χ1n) is 20.7. The Morgan fingerprint density at radius 2 is 0.885 bits per heavy atom. The predicted molar refractivity (Wildman–Crippen MR) is 245 cm³/mol. The molecule has 11 aromatic rings. The van der Waals surface area contributed by atoms with Crippen LogP contribution in [0.4, 0.5) is 0 Å². The molecule has 0 unspecified atom stereocenters. The van der Waals surface area contributed by atoms with Gasteiger partial charge in [0.2, 0.25) is 0 Å². The Morgan fingerprint density at radius 1 is 0.344 bits per heavy atom. The smallest absolute Gasteiger partial charge is 0.164 e. The fourth-order valence-electron chi connectivity index (χ4n) is 10.2. The fraction of sp³-hybridized carbons (Fsp3) is 0.0179. The largest absolute Gasteiger partial charge is 0.457 e. The van der Waals surface area contributed by atoms with Crippen LogP contribution in [-0.4, -0.2) is 19.5 Å². The number of ether oxygens (including phenoxy) is 1. The van der Waals surface area contributed by atoms with E-state index < -0.39 is 5.41 Å². The molecule has 2 aliphatic rings. The predicted octanol–water partition coefficient (Wildman–Crippen LogP) is 13.6. The van der Waals surface area contributed by atoms with Gasteiger partial charge in [0.05, 0.1) is 22.1 Å². The summed E-state index contributed by atoms with van der Waals surface area (Å²) in [7, 11) is 0. The molecule has 61 heavy (non-hydrogen) atoms. The summed E-state index contributed by atoms with van der Waals surface area (Å²) in [4.78, 5) is 15.3. The SMILES string of the molecule is c1ccc(-c2nc(-c3ccccc3)nc(-c3ccc(-n4c5ccccc5c5cc6c(cc54)C4(c5ccccc5O6)c5ccccc5-c5ccccc54)c4ccccc34)n2)cc1. The van der Waals surface area contributed by atoms with Gasteiger partial charge in [0.1, 0.15) is 11.5 Å². The van der Waals surface area contributed by atoms with Crippen LogP contribution in [0.25, 0.3) is 83.6 Å². The highest BCUT2D eigenvalue weighted by molar-refractivity contribution is 6.12. The van der Waals surface area contributed by atoms with Crippen LogP contribution in [0.2, 0.25) is 0 Å². The highest BCUT2D eigenvalue weighted by Crippen LogP contribution is 2.62.